The molecule has 1 fully saturated rings. The summed E-state index contributed by atoms with van der Waals surface area (Å²) in [5.41, 5.74) is 0. The average Bonchev–Trinajstić information content (AvgIpc) is 2.54. The first kappa shape index (κ1) is 13.8. The predicted octanol–water partition coefficient (Wildman–Crippen LogP) is 0.766. The Balaban J connectivity index is 3.06. The second-order valence-electron chi connectivity index (χ2n) is 3.98. The van der Waals surface area contributed by atoms with Gasteiger partial charge in [-0.3, -0.25) is 0 Å². The topological polar surface area (TPSA) is 90.6 Å². The molecule has 0 aromatic heterocycles. The van der Waals surface area contributed by atoms with E-state index in [0.29, 0.717) is 13.0 Å². The van der Waals surface area contributed by atoms with E-state index < -0.39 is 21.4 Å². The van der Waals surface area contributed by atoms with Crippen molar-refractivity contribution < 1.29 is 13.2 Å². The van der Waals surface area contributed by atoms with Crippen LogP contribution in [-0.4, -0.2) is 36.8 Å². The molecule has 7 heteroatoms. The fourth-order valence-electron chi connectivity index (χ4n) is 1.82. The molecule has 0 spiro atoms. The Kier molecular flexibility index (Phi) is 4.82. The van der Waals surface area contributed by atoms with Crippen LogP contribution in [0.1, 0.15) is 32.6 Å². The van der Waals surface area contributed by atoms with Crippen molar-refractivity contribution in [2.75, 3.05) is 6.54 Å². The minimum Gasteiger partial charge on any atom is -0.211 e. The summed E-state index contributed by atoms with van der Waals surface area (Å²) in [6.07, 6.45) is 3.67. The van der Waals surface area contributed by atoms with Crippen molar-refractivity contribution in [2.45, 2.75) is 44.0 Å². The molecule has 1 saturated heterocycles. The molecular weight excluding hydrogens is 242 g/mol. The van der Waals surface area contributed by atoms with Crippen molar-refractivity contribution in [2.24, 2.45) is 4.99 Å². The Morgan fingerprint density at radius 3 is 2.71 bits per heavy atom. The lowest BCUT2D eigenvalue weighted by Gasteiger charge is -2.25. The van der Waals surface area contributed by atoms with Gasteiger partial charge in [-0.15, -0.1) is 0 Å². The van der Waals surface area contributed by atoms with Crippen molar-refractivity contribution in [1.82, 2.24) is 4.31 Å². The summed E-state index contributed by atoms with van der Waals surface area (Å²) in [4.78, 5) is 13.9. The minimum atomic E-state index is -3.71. The van der Waals surface area contributed by atoms with Gasteiger partial charge in [-0.2, -0.15) is 14.6 Å². The maximum atomic E-state index is 12.1. The fourth-order valence-corrected chi connectivity index (χ4v) is 3.24. The average molecular weight is 257 g/mol. The highest BCUT2D eigenvalue weighted by Crippen LogP contribution is 2.22. The summed E-state index contributed by atoms with van der Waals surface area (Å²) in [5.74, 6) is 0. The van der Waals surface area contributed by atoms with Crippen LogP contribution in [-0.2, 0) is 14.8 Å². The minimum absolute atomic E-state index is 0.310. The van der Waals surface area contributed by atoms with E-state index in [0.717, 1.165) is 19.3 Å². The molecule has 0 aromatic rings. The maximum absolute atomic E-state index is 12.1. The van der Waals surface area contributed by atoms with Gasteiger partial charge in [0, 0.05) is 6.54 Å². The number of isocyanates is 1. The zero-order valence-electron chi connectivity index (χ0n) is 9.66. The van der Waals surface area contributed by atoms with Crippen LogP contribution >= 0.6 is 0 Å². The number of aliphatic imine (C=N–C) groups is 1. The van der Waals surface area contributed by atoms with Gasteiger partial charge < -0.3 is 0 Å². The molecule has 1 rings (SSSR count). The Bertz CT molecular complexity index is 448. The van der Waals surface area contributed by atoms with Gasteiger partial charge >= 0.3 is 0 Å². The standard InChI is InChI=1S/C10H15N3O3S/c1-9(7-11)17(15,16)13-6-4-2-3-5-10(13)12-8-14/h9-10H,2-6H2,1H3. The summed E-state index contributed by atoms with van der Waals surface area (Å²) < 4.78 is 25.3. The third kappa shape index (κ3) is 3.13. The van der Waals surface area contributed by atoms with E-state index in [1.54, 1.807) is 6.07 Å². The van der Waals surface area contributed by atoms with Crippen LogP contribution in [0.3, 0.4) is 0 Å². The van der Waals surface area contributed by atoms with Gasteiger partial charge in [0.2, 0.25) is 16.1 Å². The first-order chi connectivity index (χ1) is 8.04. The highest BCUT2D eigenvalue weighted by Gasteiger charge is 2.35. The summed E-state index contributed by atoms with van der Waals surface area (Å²) in [6, 6.07) is 1.72. The summed E-state index contributed by atoms with van der Waals surface area (Å²) in [7, 11) is -3.71. The smallest absolute Gasteiger partial charge is 0.211 e. The Morgan fingerprint density at radius 2 is 2.12 bits per heavy atom. The van der Waals surface area contributed by atoms with Crippen LogP contribution in [0.15, 0.2) is 4.99 Å². The van der Waals surface area contributed by atoms with Gasteiger partial charge in [0.25, 0.3) is 0 Å². The Morgan fingerprint density at radius 1 is 1.41 bits per heavy atom. The molecule has 6 nitrogen and oxygen atoms in total. The van der Waals surface area contributed by atoms with Gasteiger partial charge in [-0.1, -0.05) is 6.42 Å². The van der Waals surface area contributed by atoms with Crippen LogP contribution in [0.2, 0.25) is 0 Å². The number of sulfonamides is 1. The number of carbonyl (C=O) groups excluding carboxylic acids is 1. The quantitative estimate of drug-likeness (QED) is 0.551. The maximum Gasteiger partial charge on any atom is 0.236 e. The molecule has 2 atom stereocenters. The molecule has 0 saturated carbocycles. The van der Waals surface area contributed by atoms with Crippen LogP contribution in [0.5, 0.6) is 0 Å². The molecule has 17 heavy (non-hydrogen) atoms. The van der Waals surface area contributed by atoms with E-state index in [2.05, 4.69) is 4.99 Å². The van der Waals surface area contributed by atoms with Gasteiger partial charge in [0.15, 0.2) is 5.25 Å². The Labute approximate surface area is 101 Å². The first-order valence-corrected chi connectivity index (χ1v) is 7.01. The van der Waals surface area contributed by atoms with Gasteiger partial charge in [0.1, 0.15) is 6.17 Å². The lowest BCUT2D eigenvalue weighted by Crippen LogP contribution is -2.43. The normalized spacial score (nSPS) is 24.1. The number of nitrogens with zero attached hydrogens (tertiary/aromatic N) is 3. The van der Waals surface area contributed by atoms with Crippen molar-refractivity contribution in [3.05, 3.63) is 0 Å². The predicted molar refractivity (Wildman–Crippen MR) is 61.1 cm³/mol. The molecular formula is C10H15N3O3S. The van der Waals surface area contributed by atoms with E-state index in [4.69, 9.17) is 5.26 Å². The largest absolute Gasteiger partial charge is 0.236 e. The van der Waals surface area contributed by atoms with Crippen molar-refractivity contribution >= 4 is 16.1 Å². The molecule has 0 radical (unpaired) electrons. The SMILES string of the molecule is CC(C#N)S(=O)(=O)N1CCCCCC1N=C=O. The first-order valence-electron chi connectivity index (χ1n) is 5.51. The molecule has 1 aliphatic rings. The van der Waals surface area contributed by atoms with Crippen molar-refractivity contribution in [1.29, 1.82) is 5.26 Å². The second kappa shape index (κ2) is 5.92. The fraction of sp³-hybridized carbons (Fsp3) is 0.800. The van der Waals surface area contributed by atoms with Crippen LogP contribution < -0.4 is 0 Å². The van der Waals surface area contributed by atoms with E-state index >= 15 is 0 Å². The second-order valence-corrected chi connectivity index (χ2v) is 6.18. The lowest BCUT2D eigenvalue weighted by molar-refractivity contribution is 0.329. The third-order valence-corrected chi connectivity index (χ3v) is 4.91. The molecule has 0 bridgehead atoms. The zero-order chi connectivity index (χ0) is 12.9. The van der Waals surface area contributed by atoms with Gasteiger partial charge in [-0.25, -0.2) is 13.2 Å². The van der Waals surface area contributed by atoms with E-state index in [1.165, 1.54) is 17.3 Å². The molecule has 0 N–H and O–H groups in total. The van der Waals surface area contributed by atoms with Crippen molar-refractivity contribution in [3.8, 4) is 6.07 Å². The van der Waals surface area contributed by atoms with Gasteiger partial charge in [-0.05, 0) is 26.2 Å². The summed E-state index contributed by atoms with van der Waals surface area (Å²) in [5, 5.41) is 7.60. The highest BCUT2D eigenvalue weighted by molar-refractivity contribution is 7.90. The monoisotopic (exact) mass is 257 g/mol. The van der Waals surface area contributed by atoms with Gasteiger partial charge in [0.05, 0.1) is 6.07 Å². The highest BCUT2D eigenvalue weighted by atomic mass is 32.2. The van der Waals surface area contributed by atoms with Crippen LogP contribution in [0.4, 0.5) is 0 Å². The van der Waals surface area contributed by atoms with E-state index in [9.17, 15) is 13.2 Å². The number of nitriles is 1. The van der Waals surface area contributed by atoms with Crippen LogP contribution in [0.25, 0.3) is 0 Å². The zero-order valence-corrected chi connectivity index (χ0v) is 10.5. The van der Waals surface area contributed by atoms with Crippen LogP contribution in [0, 0.1) is 11.3 Å². The Hall–Kier alpha value is -1.22. The third-order valence-electron chi connectivity index (χ3n) is 2.83. The van der Waals surface area contributed by atoms with E-state index in [-0.39, 0.29) is 0 Å². The molecule has 2 unspecified atom stereocenters. The summed E-state index contributed by atoms with van der Waals surface area (Å²) >= 11 is 0. The number of hydrogen-bond acceptors (Lipinski definition) is 5. The number of hydrogen-bond donors (Lipinski definition) is 0. The molecule has 0 aromatic carbocycles. The molecule has 1 aliphatic heterocycles. The van der Waals surface area contributed by atoms with Crippen molar-refractivity contribution in [3.63, 3.8) is 0 Å². The van der Waals surface area contributed by atoms with E-state index in [1.807, 2.05) is 0 Å². The molecule has 0 aliphatic carbocycles. The lowest BCUT2D eigenvalue weighted by atomic mass is 10.2. The molecule has 1 heterocycles. The number of rotatable bonds is 3. The molecule has 0 amide bonds. The summed E-state index contributed by atoms with van der Waals surface area (Å²) in [6.45, 7) is 1.64. The molecule has 94 valence electrons.